The van der Waals surface area contributed by atoms with E-state index in [1.54, 1.807) is 0 Å². The fraction of sp³-hybridized carbons (Fsp3) is 0.143. The maximum Gasteiger partial charge on any atom is 0.0850 e. The highest BCUT2D eigenvalue weighted by molar-refractivity contribution is 5.30. The average Bonchev–Trinajstić information content (AvgIpc) is 3.01. The molecule has 0 fully saturated rings. The maximum atomic E-state index is 4.54. The van der Waals surface area contributed by atoms with Crippen molar-refractivity contribution >= 4 is 0 Å². The van der Waals surface area contributed by atoms with Gasteiger partial charge in [-0.25, -0.2) is 4.68 Å². The number of hydrogen-bond acceptors (Lipinski definition) is 2. The topological polar surface area (TPSA) is 35.6 Å². The highest BCUT2D eigenvalue weighted by Gasteiger charge is 2.02. The van der Waals surface area contributed by atoms with E-state index in [0.717, 1.165) is 17.1 Å². The summed E-state index contributed by atoms with van der Waals surface area (Å²) in [5.74, 6) is 0. The molecule has 0 radical (unpaired) electrons. The van der Waals surface area contributed by atoms with E-state index in [1.807, 2.05) is 71.1 Å². The number of hydrogen-bond donors (Lipinski definition) is 0. The van der Waals surface area contributed by atoms with E-state index < -0.39 is 0 Å². The molecule has 0 aliphatic heterocycles. The third-order valence-electron chi connectivity index (χ3n) is 2.76. The van der Waals surface area contributed by atoms with Gasteiger partial charge in [-0.1, -0.05) is 18.2 Å². The van der Waals surface area contributed by atoms with Gasteiger partial charge in [0.2, 0.25) is 0 Å². The van der Waals surface area contributed by atoms with Crippen LogP contribution < -0.4 is 0 Å². The second kappa shape index (κ2) is 4.49. The molecule has 18 heavy (non-hydrogen) atoms. The Labute approximate surface area is 105 Å². The molecule has 4 nitrogen and oxygen atoms in total. The molecule has 0 unspecified atom stereocenters. The van der Waals surface area contributed by atoms with Crippen molar-refractivity contribution in [2.75, 3.05) is 0 Å². The van der Waals surface area contributed by atoms with Crippen molar-refractivity contribution in [2.45, 2.75) is 13.5 Å². The Hall–Kier alpha value is -2.36. The molecule has 0 aliphatic rings. The predicted octanol–water partition coefficient (Wildman–Crippen LogP) is 2.43. The number of nitrogens with zero attached hydrogens (tertiary/aromatic N) is 4. The van der Waals surface area contributed by atoms with Crippen LogP contribution in [0.3, 0.4) is 0 Å². The van der Waals surface area contributed by atoms with E-state index in [0.29, 0.717) is 6.54 Å². The van der Waals surface area contributed by atoms with Gasteiger partial charge >= 0.3 is 0 Å². The molecule has 0 N–H and O–H groups in total. The summed E-state index contributed by atoms with van der Waals surface area (Å²) in [5, 5.41) is 8.90. The lowest BCUT2D eigenvalue weighted by Gasteiger charge is -2.00. The lowest BCUT2D eigenvalue weighted by Crippen LogP contribution is -2.02. The van der Waals surface area contributed by atoms with Crippen LogP contribution in [0.5, 0.6) is 0 Å². The standard InChI is InChI=1S/C14H14N4/c1-12-7-9-17(15-12)11-13-8-10-18(16-13)14-5-3-2-4-6-14/h2-10H,11H2,1H3. The summed E-state index contributed by atoms with van der Waals surface area (Å²) >= 11 is 0. The molecule has 90 valence electrons. The molecule has 2 aromatic heterocycles. The molecule has 0 bridgehead atoms. The number of rotatable bonds is 3. The van der Waals surface area contributed by atoms with Crippen LogP contribution in [-0.2, 0) is 6.54 Å². The van der Waals surface area contributed by atoms with Crippen molar-refractivity contribution in [3.05, 3.63) is 66.2 Å². The van der Waals surface area contributed by atoms with Gasteiger partial charge in [0.15, 0.2) is 0 Å². The third kappa shape index (κ3) is 2.18. The van der Waals surface area contributed by atoms with E-state index >= 15 is 0 Å². The maximum absolute atomic E-state index is 4.54. The lowest BCUT2D eigenvalue weighted by atomic mass is 10.3. The first kappa shape index (κ1) is 10.8. The molecule has 0 amide bonds. The van der Waals surface area contributed by atoms with E-state index in [1.165, 1.54) is 0 Å². The molecule has 3 aromatic rings. The fourth-order valence-corrected chi connectivity index (χ4v) is 1.89. The van der Waals surface area contributed by atoms with Crippen molar-refractivity contribution in [1.82, 2.24) is 19.6 Å². The van der Waals surface area contributed by atoms with Gasteiger partial charge in [0.05, 0.1) is 23.6 Å². The Morgan fingerprint density at radius 3 is 2.50 bits per heavy atom. The Balaban J connectivity index is 1.82. The molecule has 0 spiro atoms. The Kier molecular flexibility index (Phi) is 2.68. The van der Waals surface area contributed by atoms with E-state index in [2.05, 4.69) is 10.2 Å². The highest BCUT2D eigenvalue weighted by Crippen LogP contribution is 2.07. The molecule has 2 heterocycles. The minimum atomic E-state index is 0.702. The van der Waals surface area contributed by atoms with Crippen molar-refractivity contribution in [2.24, 2.45) is 0 Å². The summed E-state index contributed by atoms with van der Waals surface area (Å²) in [7, 11) is 0. The van der Waals surface area contributed by atoms with Crippen LogP contribution >= 0.6 is 0 Å². The van der Waals surface area contributed by atoms with Crippen LogP contribution in [0.1, 0.15) is 11.4 Å². The van der Waals surface area contributed by atoms with Crippen molar-refractivity contribution < 1.29 is 0 Å². The van der Waals surface area contributed by atoms with Gasteiger partial charge in [0.25, 0.3) is 0 Å². The zero-order chi connectivity index (χ0) is 12.4. The third-order valence-corrected chi connectivity index (χ3v) is 2.76. The summed E-state index contributed by atoms with van der Waals surface area (Å²) in [4.78, 5) is 0. The monoisotopic (exact) mass is 238 g/mol. The average molecular weight is 238 g/mol. The summed E-state index contributed by atoms with van der Waals surface area (Å²) in [5.41, 5.74) is 3.10. The van der Waals surface area contributed by atoms with E-state index in [9.17, 15) is 0 Å². The van der Waals surface area contributed by atoms with Crippen LogP contribution in [0, 0.1) is 6.92 Å². The lowest BCUT2D eigenvalue weighted by molar-refractivity contribution is 0.657. The van der Waals surface area contributed by atoms with Crippen LogP contribution in [-0.4, -0.2) is 19.6 Å². The van der Waals surface area contributed by atoms with Crippen molar-refractivity contribution in [1.29, 1.82) is 0 Å². The smallest absolute Gasteiger partial charge is 0.0850 e. The normalized spacial score (nSPS) is 10.7. The number of para-hydroxylation sites is 1. The van der Waals surface area contributed by atoms with Gasteiger partial charge in [-0.2, -0.15) is 10.2 Å². The summed E-state index contributed by atoms with van der Waals surface area (Å²) in [6.07, 6.45) is 3.94. The largest absolute Gasteiger partial charge is 0.266 e. The molecule has 0 saturated carbocycles. The molecular formula is C14H14N4. The van der Waals surface area contributed by atoms with Crippen molar-refractivity contribution in [3.8, 4) is 5.69 Å². The molecule has 1 aromatic carbocycles. The number of aryl methyl sites for hydroxylation is 1. The Bertz CT molecular complexity index is 637. The molecule has 4 heteroatoms. The Morgan fingerprint density at radius 1 is 0.944 bits per heavy atom. The van der Waals surface area contributed by atoms with E-state index in [-0.39, 0.29) is 0 Å². The van der Waals surface area contributed by atoms with Crippen molar-refractivity contribution in [3.63, 3.8) is 0 Å². The van der Waals surface area contributed by atoms with Gasteiger partial charge in [-0.3, -0.25) is 4.68 Å². The Morgan fingerprint density at radius 2 is 1.78 bits per heavy atom. The van der Waals surface area contributed by atoms with Gasteiger partial charge in [-0.15, -0.1) is 0 Å². The zero-order valence-corrected chi connectivity index (χ0v) is 10.2. The SMILES string of the molecule is Cc1ccn(Cc2ccn(-c3ccccc3)n2)n1. The second-order valence-electron chi connectivity index (χ2n) is 4.24. The van der Waals surface area contributed by atoms with Crippen LogP contribution in [0.4, 0.5) is 0 Å². The fourth-order valence-electron chi connectivity index (χ4n) is 1.89. The number of aromatic nitrogens is 4. The van der Waals surface area contributed by atoms with Crippen LogP contribution in [0.25, 0.3) is 5.69 Å². The predicted molar refractivity (Wildman–Crippen MR) is 69.6 cm³/mol. The van der Waals surface area contributed by atoms with E-state index in [4.69, 9.17) is 0 Å². The molecular weight excluding hydrogens is 224 g/mol. The zero-order valence-electron chi connectivity index (χ0n) is 10.2. The summed E-state index contributed by atoms with van der Waals surface area (Å²) in [6, 6.07) is 14.1. The second-order valence-corrected chi connectivity index (χ2v) is 4.24. The minimum absolute atomic E-state index is 0.702. The summed E-state index contributed by atoms with van der Waals surface area (Å²) in [6.45, 7) is 2.69. The molecule has 0 atom stereocenters. The minimum Gasteiger partial charge on any atom is -0.266 e. The number of benzene rings is 1. The summed E-state index contributed by atoms with van der Waals surface area (Å²) < 4.78 is 3.78. The van der Waals surface area contributed by atoms with Gasteiger partial charge in [0, 0.05) is 12.4 Å². The molecule has 0 aliphatic carbocycles. The molecule has 3 rings (SSSR count). The van der Waals surface area contributed by atoms with Crippen LogP contribution in [0.2, 0.25) is 0 Å². The van der Waals surface area contributed by atoms with Gasteiger partial charge in [0.1, 0.15) is 0 Å². The van der Waals surface area contributed by atoms with Crippen LogP contribution in [0.15, 0.2) is 54.9 Å². The first-order chi connectivity index (χ1) is 8.81. The van der Waals surface area contributed by atoms with Gasteiger partial charge < -0.3 is 0 Å². The highest BCUT2D eigenvalue weighted by atomic mass is 15.3. The first-order valence-corrected chi connectivity index (χ1v) is 5.91. The molecule has 0 saturated heterocycles. The first-order valence-electron chi connectivity index (χ1n) is 5.91. The quantitative estimate of drug-likeness (QED) is 0.702. The van der Waals surface area contributed by atoms with Gasteiger partial charge in [-0.05, 0) is 31.2 Å².